The predicted octanol–water partition coefficient (Wildman–Crippen LogP) is 3.06. The molecule has 0 aromatic carbocycles. The topological polar surface area (TPSA) is 35.5 Å². The summed E-state index contributed by atoms with van der Waals surface area (Å²) >= 11 is 0. The smallest absolute Gasteiger partial charge is 0.337 e. The van der Waals surface area contributed by atoms with Crippen LogP contribution in [0.1, 0.15) is 33.1 Å². The van der Waals surface area contributed by atoms with Crippen molar-refractivity contribution in [3.63, 3.8) is 0 Å². The van der Waals surface area contributed by atoms with Gasteiger partial charge in [0.25, 0.3) is 0 Å². The summed E-state index contributed by atoms with van der Waals surface area (Å²) in [6.45, 7) is 7.53. The van der Waals surface area contributed by atoms with E-state index in [0.29, 0.717) is 12.0 Å². The second-order valence-electron chi connectivity index (χ2n) is 4.13. The Morgan fingerprint density at radius 2 is 1.81 bits per heavy atom. The molecule has 0 rings (SSSR count). The molecule has 0 unspecified atom stereocenters. The van der Waals surface area contributed by atoms with Gasteiger partial charge in [0.05, 0.1) is 0 Å². The molecule has 0 radical (unpaired) electrons. The Labute approximate surface area is 100 Å². The van der Waals surface area contributed by atoms with Crippen LogP contribution in [0.4, 0.5) is 0 Å². The summed E-state index contributed by atoms with van der Waals surface area (Å²) in [6, 6.07) is 1.87. The maximum atomic E-state index is 11.4. The van der Waals surface area contributed by atoms with Crippen molar-refractivity contribution in [2.45, 2.75) is 45.2 Å². The van der Waals surface area contributed by atoms with E-state index >= 15 is 0 Å². The molecule has 0 amide bonds. The van der Waals surface area contributed by atoms with Gasteiger partial charge >= 0.3 is 8.56 Å². The van der Waals surface area contributed by atoms with Crippen LogP contribution in [0.25, 0.3) is 0 Å². The number of Topliss-reactive ketones (excluding diaryl/α,β-unsaturated/α-hetero) is 1. The predicted molar refractivity (Wildman–Crippen MR) is 68.7 cm³/mol. The van der Waals surface area contributed by atoms with Gasteiger partial charge in [0.15, 0.2) is 5.78 Å². The molecule has 0 fully saturated rings. The molecule has 0 saturated heterocycles. The molecular weight excluding hydrogens is 220 g/mol. The summed E-state index contributed by atoms with van der Waals surface area (Å²) in [5.41, 5.74) is 0.637. The highest BCUT2D eigenvalue weighted by molar-refractivity contribution is 6.67. The molecule has 0 heterocycles. The minimum absolute atomic E-state index is 0.145. The first-order chi connectivity index (χ1) is 7.51. The maximum absolute atomic E-state index is 11.4. The van der Waals surface area contributed by atoms with Gasteiger partial charge in [-0.3, -0.25) is 4.79 Å². The van der Waals surface area contributed by atoms with Gasteiger partial charge in [-0.05, 0) is 31.0 Å². The fraction of sp³-hybridized carbons (Fsp3) is 0.750. The Kier molecular flexibility index (Phi) is 7.54. The van der Waals surface area contributed by atoms with E-state index in [1.54, 1.807) is 21.1 Å². The van der Waals surface area contributed by atoms with Crippen LogP contribution in [0.15, 0.2) is 12.2 Å². The standard InChI is InChI=1S/C12H24O3Si/c1-6-9-16(14-4,15-5)10-7-8-12(13)11(2)3/h2,6-10H2,1,3-5H3. The van der Waals surface area contributed by atoms with E-state index in [1.807, 2.05) is 0 Å². The average Bonchev–Trinajstić information content (AvgIpc) is 2.27. The summed E-state index contributed by atoms with van der Waals surface area (Å²) in [5.74, 6) is 0.145. The highest BCUT2D eigenvalue weighted by Crippen LogP contribution is 2.22. The van der Waals surface area contributed by atoms with Crippen molar-refractivity contribution in [3.8, 4) is 0 Å². The van der Waals surface area contributed by atoms with Gasteiger partial charge < -0.3 is 8.85 Å². The minimum atomic E-state index is -2.03. The lowest BCUT2D eigenvalue weighted by Crippen LogP contribution is -2.39. The second kappa shape index (κ2) is 7.76. The zero-order valence-corrected chi connectivity index (χ0v) is 12.0. The number of carbonyl (C=O) groups excluding carboxylic acids is 1. The van der Waals surface area contributed by atoms with Gasteiger partial charge in [-0.25, -0.2) is 0 Å². The van der Waals surface area contributed by atoms with E-state index in [4.69, 9.17) is 8.85 Å². The van der Waals surface area contributed by atoms with Gasteiger partial charge in [-0.1, -0.05) is 19.9 Å². The summed E-state index contributed by atoms with van der Waals surface area (Å²) in [6.07, 6.45) is 2.45. The zero-order valence-electron chi connectivity index (χ0n) is 11.0. The van der Waals surface area contributed by atoms with Crippen LogP contribution in [-0.2, 0) is 13.6 Å². The van der Waals surface area contributed by atoms with Crippen molar-refractivity contribution < 1.29 is 13.6 Å². The van der Waals surface area contributed by atoms with E-state index in [0.717, 1.165) is 24.9 Å². The number of ketones is 1. The monoisotopic (exact) mass is 244 g/mol. The van der Waals surface area contributed by atoms with Crippen molar-refractivity contribution in [3.05, 3.63) is 12.2 Å². The molecule has 0 aliphatic heterocycles. The van der Waals surface area contributed by atoms with Crippen molar-refractivity contribution in [2.75, 3.05) is 14.2 Å². The third-order valence-corrected chi connectivity index (χ3v) is 6.68. The molecule has 0 atom stereocenters. The molecule has 0 aromatic rings. The maximum Gasteiger partial charge on any atom is 0.337 e. The molecule has 0 spiro atoms. The van der Waals surface area contributed by atoms with E-state index in [-0.39, 0.29) is 5.78 Å². The molecule has 0 bridgehead atoms. The van der Waals surface area contributed by atoms with Crippen LogP contribution in [0.3, 0.4) is 0 Å². The fourth-order valence-electron chi connectivity index (χ4n) is 1.73. The Bertz CT molecular complexity index is 234. The molecule has 0 N–H and O–H groups in total. The van der Waals surface area contributed by atoms with Crippen molar-refractivity contribution in [2.24, 2.45) is 0 Å². The lowest BCUT2D eigenvalue weighted by atomic mass is 10.1. The van der Waals surface area contributed by atoms with Gasteiger partial charge in [-0.2, -0.15) is 0 Å². The van der Waals surface area contributed by atoms with Crippen molar-refractivity contribution in [1.29, 1.82) is 0 Å². The van der Waals surface area contributed by atoms with Crippen LogP contribution in [-0.4, -0.2) is 28.6 Å². The zero-order chi connectivity index (χ0) is 12.6. The molecule has 3 nitrogen and oxygen atoms in total. The third-order valence-electron chi connectivity index (χ3n) is 2.81. The summed E-state index contributed by atoms with van der Waals surface area (Å²) in [4.78, 5) is 11.4. The lowest BCUT2D eigenvalue weighted by Gasteiger charge is -2.26. The van der Waals surface area contributed by atoms with Crippen LogP contribution < -0.4 is 0 Å². The van der Waals surface area contributed by atoms with Crippen LogP contribution in [0.2, 0.25) is 12.1 Å². The first kappa shape index (κ1) is 15.5. The highest BCUT2D eigenvalue weighted by Gasteiger charge is 2.33. The van der Waals surface area contributed by atoms with Crippen molar-refractivity contribution >= 4 is 14.3 Å². The van der Waals surface area contributed by atoms with E-state index in [9.17, 15) is 4.79 Å². The summed E-state index contributed by atoms with van der Waals surface area (Å²) in [5, 5.41) is 0. The fourth-order valence-corrected chi connectivity index (χ4v) is 4.44. The number of carbonyl (C=O) groups is 1. The quantitative estimate of drug-likeness (QED) is 0.462. The number of hydrogen-bond acceptors (Lipinski definition) is 3. The lowest BCUT2D eigenvalue weighted by molar-refractivity contribution is -0.115. The largest absolute Gasteiger partial charge is 0.398 e. The highest BCUT2D eigenvalue weighted by atomic mass is 28.4. The SMILES string of the molecule is C=C(C)C(=O)CCC[Si](CCC)(OC)OC. The number of allylic oxidation sites excluding steroid dienone is 1. The Morgan fingerprint density at radius 1 is 1.25 bits per heavy atom. The molecule has 0 aliphatic carbocycles. The normalized spacial score (nSPS) is 11.5. The minimum Gasteiger partial charge on any atom is -0.398 e. The molecule has 94 valence electrons. The van der Waals surface area contributed by atoms with Gasteiger partial charge in [0, 0.05) is 20.6 Å². The second-order valence-corrected chi connectivity index (χ2v) is 7.76. The number of rotatable bonds is 9. The average molecular weight is 244 g/mol. The first-order valence-corrected chi connectivity index (χ1v) is 8.03. The van der Waals surface area contributed by atoms with Crippen LogP contribution in [0.5, 0.6) is 0 Å². The van der Waals surface area contributed by atoms with E-state index in [1.165, 1.54) is 0 Å². The molecule has 0 aliphatic rings. The summed E-state index contributed by atoms with van der Waals surface area (Å²) in [7, 11) is 1.40. The van der Waals surface area contributed by atoms with Crippen LogP contribution in [0, 0.1) is 0 Å². The number of hydrogen-bond donors (Lipinski definition) is 0. The van der Waals surface area contributed by atoms with Crippen LogP contribution >= 0.6 is 0 Å². The Hall–Kier alpha value is -0.453. The van der Waals surface area contributed by atoms with E-state index in [2.05, 4.69) is 13.5 Å². The Morgan fingerprint density at radius 3 is 2.19 bits per heavy atom. The Balaban J connectivity index is 4.12. The third kappa shape index (κ3) is 5.05. The molecule has 0 saturated carbocycles. The van der Waals surface area contributed by atoms with Gasteiger partial charge in [-0.15, -0.1) is 0 Å². The van der Waals surface area contributed by atoms with Gasteiger partial charge in [0.2, 0.25) is 0 Å². The molecule has 4 heteroatoms. The summed E-state index contributed by atoms with van der Waals surface area (Å²) < 4.78 is 11.1. The van der Waals surface area contributed by atoms with Crippen molar-refractivity contribution in [1.82, 2.24) is 0 Å². The molecular formula is C12H24O3Si. The van der Waals surface area contributed by atoms with E-state index < -0.39 is 8.56 Å². The first-order valence-electron chi connectivity index (χ1n) is 5.80. The molecule has 16 heavy (non-hydrogen) atoms. The molecule has 0 aromatic heterocycles. The van der Waals surface area contributed by atoms with Gasteiger partial charge in [0.1, 0.15) is 0 Å².